The summed E-state index contributed by atoms with van der Waals surface area (Å²) in [4.78, 5) is 12.1. The topological polar surface area (TPSA) is 21.5 Å². The average molecular weight is 155 g/mol. The molecule has 0 atom stereocenters. The number of nitrogens with one attached hydrogen (secondary N) is 1. The number of rotatable bonds is 2. The van der Waals surface area contributed by atoms with Gasteiger partial charge in [-0.2, -0.15) is 7.05 Å². The van der Waals surface area contributed by atoms with E-state index in [0.717, 1.165) is 19.5 Å². The van der Waals surface area contributed by atoms with Gasteiger partial charge in [-0.1, -0.05) is 0 Å². The molecule has 0 unspecified atom stereocenters. The SMILES string of the molecule is [CH2-][NH+]1CCC(CC(C)=O)CC1. The Morgan fingerprint density at radius 2 is 2.09 bits per heavy atom. The largest absolute Gasteiger partial charge is 0.468 e. The maximum absolute atomic E-state index is 10.8. The van der Waals surface area contributed by atoms with Gasteiger partial charge in [0.1, 0.15) is 5.78 Å². The molecule has 11 heavy (non-hydrogen) atoms. The number of piperidine rings is 1. The molecule has 1 saturated heterocycles. The molecule has 1 heterocycles. The smallest absolute Gasteiger partial charge is 0.130 e. The highest BCUT2D eigenvalue weighted by Gasteiger charge is 2.17. The summed E-state index contributed by atoms with van der Waals surface area (Å²) in [5.74, 6) is 0.987. The molecule has 1 aliphatic rings. The van der Waals surface area contributed by atoms with Crippen molar-refractivity contribution in [1.82, 2.24) is 0 Å². The number of carbonyl (C=O) groups excluding carboxylic acids is 1. The highest BCUT2D eigenvalue weighted by Crippen LogP contribution is 2.13. The fourth-order valence-electron chi connectivity index (χ4n) is 1.70. The van der Waals surface area contributed by atoms with Gasteiger partial charge in [0.2, 0.25) is 0 Å². The van der Waals surface area contributed by atoms with Crippen molar-refractivity contribution < 1.29 is 9.69 Å². The van der Waals surface area contributed by atoms with Crippen LogP contribution in [0.1, 0.15) is 26.2 Å². The van der Waals surface area contributed by atoms with Crippen LogP contribution in [0.2, 0.25) is 0 Å². The summed E-state index contributed by atoms with van der Waals surface area (Å²) in [6.07, 6.45) is 3.14. The molecule has 0 amide bonds. The number of likely N-dealkylation sites (tertiary alicyclic amines) is 1. The van der Waals surface area contributed by atoms with E-state index < -0.39 is 0 Å². The molecule has 0 radical (unpaired) electrons. The number of Topliss-reactive ketones (excluding diaryl/α,β-unsaturated/α-hetero) is 1. The zero-order valence-electron chi connectivity index (χ0n) is 7.23. The van der Waals surface area contributed by atoms with Crippen LogP contribution >= 0.6 is 0 Å². The lowest BCUT2D eigenvalue weighted by Crippen LogP contribution is -3.08. The van der Waals surface area contributed by atoms with Gasteiger partial charge in [-0.15, -0.1) is 0 Å². The van der Waals surface area contributed by atoms with E-state index in [1.165, 1.54) is 17.7 Å². The van der Waals surface area contributed by atoms with Crippen molar-refractivity contribution >= 4 is 5.78 Å². The van der Waals surface area contributed by atoms with E-state index in [4.69, 9.17) is 0 Å². The number of hydrogen-bond donors (Lipinski definition) is 1. The van der Waals surface area contributed by atoms with Gasteiger partial charge in [0.25, 0.3) is 0 Å². The molecule has 0 aromatic carbocycles. The first-order valence-electron chi connectivity index (χ1n) is 4.34. The summed E-state index contributed by atoms with van der Waals surface area (Å²) < 4.78 is 0. The second-order valence-electron chi connectivity index (χ2n) is 3.60. The van der Waals surface area contributed by atoms with Crippen LogP contribution in [0, 0.1) is 13.0 Å². The van der Waals surface area contributed by atoms with Crippen molar-refractivity contribution in [2.45, 2.75) is 26.2 Å². The Kier molecular flexibility index (Phi) is 3.06. The molecule has 2 heteroatoms. The fraction of sp³-hybridized carbons (Fsp3) is 0.778. The Balaban J connectivity index is 2.22. The van der Waals surface area contributed by atoms with Crippen LogP contribution in [-0.2, 0) is 4.79 Å². The van der Waals surface area contributed by atoms with Crippen molar-refractivity contribution in [2.75, 3.05) is 13.1 Å². The van der Waals surface area contributed by atoms with Crippen LogP contribution in [-0.4, -0.2) is 18.9 Å². The lowest BCUT2D eigenvalue weighted by Gasteiger charge is -2.30. The minimum Gasteiger partial charge on any atom is -0.468 e. The monoisotopic (exact) mass is 155 g/mol. The summed E-state index contributed by atoms with van der Waals surface area (Å²) in [6, 6.07) is 0. The normalized spacial score (nSPS) is 31.8. The van der Waals surface area contributed by atoms with E-state index in [9.17, 15) is 4.79 Å². The molecular formula is C9H17NO. The van der Waals surface area contributed by atoms with Crippen molar-refractivity contribution in [3.05, 3.63) is 7.05 Å². The third-order valence-corrected chi connectivity index (χ3v) is 2.39. The molecule has 2 nitrogen and oxygen atoms in total. The standard InChI is InChI=1S/C9H17NO/c1-8(11)7-9-3-5-10(2)6-4-9/h9-10H,2-7H2,1H3. The van der Waals surface area contributed by atoms with Gasteiger partial charge in [-0.05, 0) is 25.7 Å². The van der Waals surface area contributed by atoms with Gasteiger partial charge in [-0.25, -0.2) is 0 Å². The maximum atomic E-state index is 10.8. The Morgan fingerprint density at radius 1 is 1.55 bits per heavy atom. The minimum atomic E-state index is 0.336. The fourth-order valence-corrected chi connectivity index (χ4v) is 1.70. The molecule has 1 rings (SSSR count). The Bertz CT molecular complexity index is 136. The first kappa shape index (κ1) is 8.72. The van der Waals surface area contributed by atoms with E-state index in [1.807, 2.05) is 0 Å². The molecule has 64 valence electrons. The van der Waals surface area contributed by atoms with E-state index >= 15 is 0 Å². The highest BCUT2D eigenvalue weighted by atomic mass is 16.1. The quantitative estimate of drug-likeness (QED) is 0.559. The molecule has 0 aliphatic carbocycles. The van der Waals surface area contributed by atoms with Gasteiger partial charge in [0, 0.05) is 6.42 Å². The van der Waals surface area contributed by atoms with Gasteiger partial charge < -0.3 is 9.69 Å². The van der Waals surface area contributed by atoms with Crippen molar-refractivity contribution in [1.29, 1.82) is 0 Å². The molecule has 0 aromatic rings. The molecule has 0 bridgehead atoms. The van der Waals surface area contributed by atoms with E-state index in [2.05, 4.69) is 7.05 Å². The molecule has 1 aliphatic heterocycles. The van der Waals surface area contributed by atoms with E-state index in [1.54, 1.807) is 6.92 Å². The second kappa shape index (κ2) is 3.86. The van der Waals surface area contributed by atoms with Crippen LogP contribution < -0.4 is 4.90 Å². The van der Waals surface area contributed by atoms with E-state index in [0.29, 0.717) is 11.7 Å². The molecule has 1 N–H and O–H groups in total. The summed E-state index contributed by atoms with van der Waals surface area (Å²) in [6.45, 7) is 3.96. The molecule has 0 aromatic heterocycles. The predicted molar refractivity (Wildman–Crippen MR) is 44.1 cm³/mol. The first-order chi connectivity index (χ1) is 5.18. The Morgan fingerprint density at radius 3 is 2.55 bits per heavy atom. The van der Waals surface area contributed by atoms with Crippen LogP contribution in [0.4, 0.5) is 0 Å². The number of carbonyl (C=O) groups is 1. The van der Waals surface area contributed by atoms with Gasteiger partial charge >= 0.3 is 0 Å². The third-order valence-electron chi connectivity index (χ3n) is 2.39. The first-order valence-corrected chi connectivity index (χ1v) is 4.34. The van der Waals surface area contributed by atoms with Crippen LogP contribution in [0.3, 0.4) is 0 Å². The van der Waals surface area contributed by atoms with E-state index in [-0.39, 0.29) is 0 Å². The lowest BCUT2D eigenvalue weighted by molar-refractivity contribution is -0.860. The second-order valence-corrected chi connectivity index (χ2v) is 3.60. The number of hydrogen-bond acceptors (Lipinski definition) is 1. The number of quaternary nitrogens is 1. The van der Waals surface area contributed by atoms with Gasteiger partial charge in [0.05, 0.1) is 13.1 Å². The molecule has 0 spiro atoms. The van der Waals surface area contributed by atoms with Crippen molar-refractivity contribution in [3.63, 3.8) is 0 Å². The average Bonchev–Trinajstić information content (AvgIpc) is 1.93. The predicted octanol–water partition coefficient (Wildman–Crippen LogP) is 0.0520. The summed E-state index contributed by atoms with van der Waals surface area (Å²) in [7, 11) is 3.94. The zero-order valence-corrected chi connectivity index (χ0v) is 7.23. The zero-order chi connectivity index (χ0) is 8.27. The summed E-state index contributed by atoms with van der Waals surface area (Å²) in [5, 5.41) is 0. The van der Waals surface area contributed by atoms with Crippen molar-refractivity contribution in [2.24, 2.45) is 5.92 Å². The maximum Gasteiger partial charge on any atom is 0.130 e. The molecular weight excluding hydrogens is 138 g/mol. The highest BCUT2D eigenvalue weighted by molar-refractivity contribution is 5.75. The minimum absolute atomic E-state index is 0.336. The van der Waals surface area contributed by atoms with Gasteiger partial charge in [0.15, 0.2) is 0 Å². The Labute approximate surface area is 68.6 Å². The van der Waals surface area contributed by atoms with Crippen LogP contribution in [0.15, 0.2) is 0 Å². The summed E-state index contributed by atoms with van der Waals surface area (Å²) in [5.41, 5.74) is 0. The summed E-state index contributed by atoms with van der Waals surface area (Å²) >= 11 is 0. The Hall–Kier alpha value is -0.370. The van der Waals surface area contributed by atoms with Gasteiger partial charge in [-0.3, -0.25) is 0 Å². The number of ketones is 1. The van der Waals surface area contributed by atoms with Crippen LogP contribution in [0.25, 0.3) is 0 Å². The molecule has 1 fully saturated rings. The molecule has 0 saturated carbocycles. The lowest BCUT2D eigenvalue weighted by atomic mass is 9.92. The van der Waals surface area contributed by atoms with Crippen molar-refractivity contribution in [3.8, 4) is 0 Å². The third kappa shape index (κ3) is 3.02. The van der Waals surface area contributed by atoms with Crippen LogP contribution in [0.5, 0.6) is 0 Å².